The first kappa shape index (κ1) is 15.6. The molecule has 1 N–H and O–H groups in total. The molecule has 2 saturated heterocycles. The van der Waals surface area contributed by atoms with Crippen LogP contribution in [0.4, 0.5) is 0 Å². The average molecular weight is 432 g/mol. The number of aryl methyl sites for hydroxylation is 1. The topological polar surface area (TPSA) is 91.5 Å². The summed E-state index contributed by atoms with van der Waals surface area (Å²) in [5.41, 5.74) is 2.24. The lowest BCUT2D eigenvalue weighted by molar-refractivity contribution is -0.199. The van der Waals surface area contributed by atoms with Crippen LogP contribution < -0.4 is 0 Å². The van der Waals surface area contributed by atoms with Crippen LogP contribution in [0.1, 0.15) is 25.8 Å². The molecule has 2 aromatic rings. The van der Waals surface area contributed by atoms with Crippen molar-refractivity contribution in [2.75, 3.05) is 6.61 Å². The molecular formula is C14H17IN4O4. The molecule has 0 bridgehead atoms. The van der Waals surface area contributed by atoms with Gasteiger partial charge in [0.15, 0.2) is 21.5 Å². The Bertz CT molecular complexity index is 765. The number of ether oxygens (including phenoxy) is 3. The maximum Gasteiger partial charge on any atom is 0.193 e. The van der Waals surface area contributed by atoms with Gasteiger partial charge in [-0.25, -0.2) is 15.0 Å². The molecule has 23 heavy (non-hydrogen) atoms. The summed E-state index contributed by atoms with van der Waals surface area (Å²) >= 11 is 2.08. The zero-order valence-corrected chi connectivity index (χ0v) is 15.1. The van der Waals surface area contributed by atoms with E-state index in [1.54, 1.807) is 6.33 Å². The normalized spacial score (nSPS) is 32.6. The first-order valence-corrected chi connectivity index (χ1v) is 8.46. The molecule has 0 spiro atoms. The van der Waals surface area contributed by atoms with E-state index in [0.29, 0.717) is 9.48 Å². The van der Waals surface area contributed by atoms with Gasteiger partial charge >= 0.3 is 0 Å². The predicted molar refractivity (Wildman–Crippen MR) is 87.6 cm³/mol. The highest BCUT2D eigenvalue weighted by Gasteiger charge is 2.55. The summed E-state index contributed by atoms with van der Waals surface area (Å²) in [6.07, 6.45) is 0.144. The molecule has 9 heteroatoms. The maximum absolute atomic E-state index is 9.59. The molecule has 8 nitrogen and oxygen atoms in total. The minimum atomic E-state index is -0.708. The van der Waals surface area contributed by atoms with Crippen LogP contribution in [0.15, 0.2) is 6.33 Å². The number of rotatable bonds is 2. The van der Waals surface area contributed by atoms with E-state index in [2.05, 4.69) is 37.5 Å². The van der Waals surface area contributed by atoms with Crippen molar-refractivity contribution in [3.63, 3.8) is 0 Å². The van der Waals surface area contributed by atoms with Gasteiger partial charge in [0.2, 0.25) is 0 Å². The second-order valence-electron chi connectivity index (χ2n) is 6.21. The van der Waals surface area contributed by atoms with Gasteiger partial charge in [-0.3, -0.25) is 4.57 Å². The number of imidazole rings is 1. The highest BCUT2D eigenvalue weighted by Crippen LogP contribution is 2.43. The van der Waals surface area contributed by atoms with E-state index in [9.17, 15) is 5.11 Å². The van der Waals surface area contributed by atoms with Crippen LogP contribution in [0, 0.1) is 10.8 Å². The van der Waals surface area contributed by atoms with Crippen molar-refractivity contribution in [2.45, 2.75) is 51.1 Å². The summed E-state index contributed by atoms with van der Waals surface area (Å²) in [4.78, 5) is 13.2. The number of halogens is 1. The summed E-state index contributed by atoms with van der Waals surface area (Å²) in [5, 5.41) is 9.59. The molecule has 124 valence electrons. The Labute approximate surface area is 146 Å². The molecule has 0 aromatic carbocycles. The molecule has 2 aromatic heterocycles. The van der Waals surface area contributed by atoms with Crippen LogP contribution in [0.3, 0.4) is 0 Å². The predicted octanol–water partition coefficient (Wildman–Crippen LogP) is 1.15. The third-order valence-electron chi connectivity index (χ3n) is 4.15. The van der Waals surface area contributed by atoms with Crippen LogP contribution >= 0.6 is 22.6 Å². The molecule has 0 saturated carbocycles. The summed E-state index contributed by atoms with van der Waals surface area (Å²) in [6, 6.07) is 0. The summed E-state index contributed by atoms with van der Waals surface area (Å²) in [5.74, 6) is -0.708. The Hall–Kier alpha value is -0.880. The van der Waals surface area contributed by atoms with E-state index in [0.717, 1.165) is 11.2 Å². The van der Waals surface area contributed by atoms with Crippen molar-refractivity contribution in [3.8, 4) is 0 Å². The van der Waals surface area contributed by atoms with Gasteiger partial charge < -0.3 is 19.3 Å². The molecule has 0 radical (unpaired) electrons. The fourth-order valence-corrected chi connectivity index (χ4v) is 3.83. The Morgan fingerprint density at radius 1 is 1.30 bits per heavy atom. The van der Waals surface area contributed by atoms with Crippen LogP contribution in [-0.2, 0) is 14.2 Å². The number of hydrogen-bond donors (Lipinski definition) is 1. The monoisotopic (exact) mass is 432 g/mol. The zero-order chi connectivity index (χ0) is 16.4. The molecular weight excluding hydrogens is 415 g/mol. The van der Waals surface area contributed by atoms with Gasteiger partial charge in [-0.1, -0.05) is 0 Å². The van der Waals surface area contributed by atoms with Gasteiger partial charge in [-0.05, 0) is 20.8 Å². The third-order valence-corrected chi connectivity index (χ3v) is 4.63. The SMILES string of the molecule is Cc1nc(I)nc2c1ncn2[C@@H]1O[C@H](CO)[C@H]2OC(C)(C)O[C@H]21. The molecule has 4 heterocycles. The van der Waals surface area contributed by atoms with Crippen molar-refractivity contribution in [2.24, 2.45) is 0 Å². The lowest BCUT2D eigenvalue weighted by Crippen LogP contribution is -2.31. The minimum Gasteiger partial charge on any atom is -0.394 e. The third kappa shape index (κ3) is 2.45. The first-order chi connectivity index (χ1) is 10.9. The van der Waals surface area contributed by atoms with Gasteiger partial charge in [-0.2, -0.15) is 0 Å². The van der Waals surface area contributed by atoms with Crippen molar-refractivity contribution in [3.05, 3.63) is 15.9 Å². The van der Waals surface area contributed by atoms with E-state index in [4.69, 9.17) is 14.2 Å². The average Bonchev–Trinajstić information content (AvgIpc) is 3.09. The number of nitrogens with zero attached hydrogens (tertiary/aromatic N) is 4. The van der Waals surface area contributed by atoms with E-state index >= 15 is 0 Å². The van der Waals surface area contributed by atoms with Crippen molar-refractivity contribution in [1.29, 1.82) is 0 Å². The van der Waals surface area contributed by atoms with Crippen LogP contribution in [0.25, 0.3) is 11.2 Å². The van der Waals surface area contributed by atoms with Crippen LogP contribution in [0.2, 0.25) is 0 Å². The smallest absolute Gasteiger partial charge is 0.193 e. The van der Waals surface area contributed by atoms with Crippen molar-refractivity contribution >= 4 is 33.8 Å². The van der Waals surface area contributed by atoms with Gasteiger partial charge in [0.25, 0.3) is 0 Å². The molecule has 2 aliphatic heterocycles. The number of fused-ring (bicyclic) bond motifs is 2. The van der Waals surface area contributed by atoms with Gasteiger partial charge in [0, 0.05) is 22.6 Å². The van der Waals surface area contributed by atoms with E-state index in [1.807, 2.05) is 25.3 Å². The number of aliphatic hydroxyl groups excluding tert-OH is 1. The molecule has 4 atom stereocenters. The Morgan fingerprint density at radius 2 is 2.04 bits per heavy atom. The fourth-order valence-electron chi connectivity index (χ4n) is 3.24. The number of hydrogen-bond acceptors (Lipinski definition) is 7. The van der Waals surface area contributed by atoms with E-state index in [1.165, 1.54) is 0 Å². The molecule has 0 aliphatic carbocycles. The van der Waals surface area contributed by atoms with Crippen molar-refractivity contribution < 1.29 is 19.3 Å². The fraction of sp³-hybridized carbons (Fsp3) is 0.643. The number of aromatic nitrogens is 4. The molecule has 2 aliphatic rings. The van der Waals surface area contributed by atoms with Gasteiger partial charge in [0.1, 0.15) is 23.8 Å². The Morgan fingerprint density at radius 3 is 2.78 bits per heavy atom. The largest absolute Gasteiger partial charge is 0.394 e. The van der Waals surface area contributed by atoms with Crippen molar-refractivity contribution in [1.82, 2.24) is 19.5 Å². The first-order valence-electron chi connectivity index (χ1n) is 7.38. The molecule has 0 unspecified atom stereocenters. The zero-order valence-electron chi connectivity index (χ0n) is 12.9. The van der Waals surface area contributed by atoms with E-state index in [-0.39, 0.29) is 18.8 Å². The second kappa shape index (κ2) is 5.31. The van der Waals surface area contributed by atoms with Crippen LogP contribution in [-0.4, -0.2) is 55.3 Å². The summed E-state index contributed by atoms with van der Waals surface area (Å²) in [6.45, 7) is 5.49. The lowest BCUT2D eigenvalue weighted by Gasteiger charge is -2.24. The van der Waals surface area contributed by atoms with Gasteiger partial charge in [0.05, 0.1) is 18.6 Å². The highest BCUT2D eigenvalue weighted by molar-refractivity contribution is 14.1. The Kier molecular flexibility index (Phi) is 3.61. The second-order valence-corrected chi connectivity index (χ2v) is 7.18. The highest BCUT2D eigenvalue weighted by atomic mass is 127. The molecule has 2 fully saturated rings. The maximum atomic E-state index is 9.59. The quantitative estimate of drug-likeness (QED) is 0.563. The van der Waals surface area contributed by atoms with Gasteiger partial charge in [-0.15, -0.1) is 0 Å². The van der Waals surface area contributed by atoms with E-state index < -0.39 is 18.1 Å². The number of aliphatic hydroxyl groups is 1. The Balaban J connectivity index is 1.79. The van der Waals surface area contributed by atoms with Crippen LogP contribution in [0.5, 0.6) is 0 Å². The molecule has 4 rings (SSSR count). The molecule has 0 amide bonds. The lowest BCUT2D eigenvalue weighted by atomic mass is 10.1. The summed E-state index contributed by atoms with van der Waals surface area (Å²) < 4.78 is 20.3. The standard InChI is InChI=1S/C14H17IN4O4/c1-6-8-11(18-13(15)17-6)19(5-16-8)12-10-9(7(4-20)21-12)22-14(2,3)23-10/h5,7,9-10,12,20H,4H2,1-3H3/t7-,9-,10-,12-/m1/s1. The minimum absolute atomic E-state index is 0.130. The summed E-state index contributed by atoms with van der Waals surface area (Å²) in [7, 11) is 0.